The number of hydrogen-bond donors (Lipinski definition) is 1. The molecule has 4 atom stereocenters. The van der Waals surface area contributed by atoms with Gasteiger partial charge in [0.25, 0.3) is 0 Å². The van der Waals surface area contributed by atoms with Crippen LogP contribution in [-0.2, 0) is 14.4 Å². The second-order valence-corrected chi connectivity index (χ2v) is 8.85. The number of rotatable bonds is 5. The van der Waals surface area contributed by atoms with Crippen LogP contribution < -0.4 is 5.32 Å². The number of benzene rings is 1. The Balaban J connectivity index is 1.44. The Morgan fingerprint density at radius 3 is 2.34 bits per heavy atom. The minimum Gasteiger partial charge on any atom is -0.325 e. The first-order valence-corrected chi connectivity index (χ1v) is 10.3. The molecule has 0 spiro atoms. The summed E-state index contributed by atoms with van der Waals surface area (Å²) in [6, 6.07) is 4.62. The van der Waals surface area contributed by atoms with Gasteiger partial charge < -0.3 is 5.32 Å². The summed E-state index contributed by atoms with van der Waals surface area (Å²) in [5, 5.41) is 2.71. The van der Waals surface area contributed by atoms with Crippen LogP contribution in [0.4, 0.5) is 10.5 Å². The summed E-state index contributed by atoms with van der Waals surface area (Å²) in [6.07, 6.45) is 4.51. The molecule has 5 amide bonds. The maximum absolute atomic E-state index is 12.9. The zero-order valence-corrected chi connectivity index (χ0v) is 17.1. The molecule has 3 fully saturated rings. The molecule has 4 rings (SSSR count). The molecule has 1 N–H and O–H groups in total. The Hall–Kier alpha value is -2.70. The fourth-order valence-electron chi connectivity index (χ4n) is 5.49. The highest BCUT2D eigenvalue weighted by atomic mass is 16.2. The Labute approximate surface area is 170 Å². The molecule has 0 aromatic heterocycles. The third-order valence-corrected chi connectivity index (χ3v) is 6.71. The first-order valence-electron chi connectivity index (χ1n) is 10.3. The van der Waals surface area contributed by atoms with Crippen molar-refractivity contribution in [3.63, 3.8) is 0 Å². The largest absolute Gasteiger partial charge is 0.334 e. The second-order valence-electron chi connectivity index (χ2n) is 8.85. The highest BCUT2D eigenvalue weighted by Gasteiger charge is 2.52. The van der Waals surface area contributed by atoms with E-state index in [9.17, 15) is 19.2 Å². The fourth-order valence-corrected chi connectivity index (χ4v) is 5.49. The predicted molar refractivity (Wildman–Crippen MR) is 107 cm³/mol. The number of nitrogens with zero attached hydrogens (tertiary/aromatic N) is 2. The lowest BCUT2D eigenvalue weighted by Gasteiger charge is -2.32. The predicted octanol–water partition coefficient (Wildman–Crippen LogP) is 2.86. The van der Waals surface area contributed by atoms with Gasteiger partial charge in [0.05, 0.1) is 0 Å². The third kappa shape index (κ3) is 3.54. The molecular formula is C22H27N3O4. The lowest BCUT2D eigenvalue weighted by atomic mass is 9.83. The standard InChI is InChI=1S/C22H27N3O4/c1-12-6-13(2)8-17(7-12)23-19(26)11-24-20(27)21(28)25(22(24)29)14(3)18-10-15-4-5-16(18)9-15/h6-8,14-16,18H,4-5,9-11H2,1-3H3,(H,23,26)/t14-,15+,16+,18+/m1/s1. The first-order chi connectivity index (χ1) is 13.7. The van der Waals surface area contributed by atoms with Gasteiger partial charge in [-0.1, -0.05) is 12.5 Å². The Kier molecular flexibility index (Phi) is 4.92. The summed E-state index contributed by atoms with van der Waals surface area (Å²) in [5.74, 6) is -0.786. The molecule has 0 radical (unpaired) electrons. The molecule has 2 bridgehead atoms. The molecule has 3 aliphatic rings. The molecule has 1 aromatic carbocycles. The van der Waals surface area contributed by atoms with Crippen LogP contribution in [0, 0.1) is 31.6 Å². The number of hydrogen-bond acceptors (Lipinski definition) is 4. The maximum Gasteiger partial charge on any atom is 0.334 e. The fraction of sp³-hybridized carbons (Fsp3) is 0.545. The van der Waals surface area contributed by atoms with E-state index in [1.165, 1.54) is 6.42 Å². The molecule has 2 aliphatic carbocycles. The molecule has 7 heteroatoms. The average molecular weight is 397 g/mol. The number of fused-ring (bicyclic) bond motifs is 2. The van der Waals surface area contributed by atoms with Gasteiger partial charge in [0.2, 0.25) is 5.91 Å². The summed E-state index contributed by atoms with van der Waals surface area (Å²) in [4.78, 5) is 52.1. The van der Waals surface area contributed by atoms with Gasteiger partial charge in [-0.2, -0.15) is 0 Å². The van der Waals surface area contributed by atoms with Crippen LogP contribution in [-0.4, -0.2) is 46.1 Å². The van der Waals surface area contributed by atoms with Crippen LogP contribution >= 0.6 is 0 Å². The van der Waals surface area contributed by atoms with Gasteiger partial charge in [0, 0.05) is 11.7 Å². The van der Waals surface area contributed by atoms with Crippen LogP contribution in [0.3, 0.4) is 0 Å². The van der Waals surface area contributed by atoms with Crippen LogP contribution in [0.25, 0.3) is 0 Å². The van der Waals surface area contributed by atoms with Gasteiger partial charge >= 0.3 is 17.8 Å². The SMILES string of the molecule is Cc1cc(C)cc(NC(=O)CN2C(=O)C(=O)N([C@H](C)[C@@H]3C[C@H]4CC[C@H]3C4)C2=O)c1. The highest BCUT2D eigenvalue weighted by molar-refractivity contribution is 6.45. The molecular weight excluding hydrogens is 370 g/mol. The van der Waals surface area contributed by atoms with Crippen LogP contribution in [0.5, 0.6) is 0 Å². The smallest absolute Gasteiger partial charge is 0.325 e. The molecule has 1 heterocycles. The van der Waals surface area contributed by atoms with Gasteiger partial charge in [-0.05, 0) is 81.0 Å². The molecule has 2 saturated carbocycles. The number of nitrogens with one attached hydrogen (secondary N) is 1. The van der Waals surface area contributed by atoms with E-state index in [2.05, 4.69) is 5.32 Å². The van der Waals surface area contributed by atoms with Crippen molar-refractivity contribution in [3.05, 3.63) is 29.3 Å². The van der Waals surface area contributed by atoms with Crippen LogP contribution in [0.2, 0.25) is 0 Å². The van der Waals surface area contributed by atoms with Crippen molar-refractivity contribution in [1.82, 2.24) is 9.80 Å². The number of amides is 5. The molecule has 29 heavy (non-hydrogen) atoms. The van der Waals surface area contributed by atoms with Crippen molar-refractivity contribution in [1.29, 1.82) is 0 Å². The first kappa shape index (κ1) is 19.6. The van der Waals surface area contributed by atoms with E-state index in [-0.39, 0.29) is 12.0 Å². The molecule has 154 valence electrons. The lowest BCUT2D eigenvalue weighted by molar-refractivity contribution is -0.144. The monoisotopic (exact) mass is 397 g/mol. The topological polar surface area (TPSA) is 86.8 Å². The van der Waals surface area contributed by atoms with Gasteiger partial charge in [0.15, 0.2) is 0 Å². The highest BCUT2D eigenvalue weighted by Crippen LogP contribution is 2.50. The number of urea groups is 1. The summed E-state index contributed by atoms with van der Waals surface area (Å²) in [6.45, 7) is 5.23. The van der Waals surface area contributed by atoms with Gasteiger partial charge in [-0.3, -0.25) is 19.3 Å². The van der Waals surface area contributed by atoms with Crippen molar-refractivity contribution in [3.8, 4) is 0 Å². The summed E-state index contributed by atoms with van der Waals surface area (Å²) in [5.41, 5.74) is 2.59. The normalized spacial score (nSPS) is 27.1. The summed E-state index contributed by atoms with van der Waals surface area (Å²) in [7, 11) is 0. The second kappa shape index (κ2) is 7.28. The van der Waals surface area contributed by atoms with E-state index in [0.717, 1.165) is 40.2 Å². The summed E-state index contributed by atoms with van der Waals surface area (Å²) < 4.78 is 0. The summed E-state index contributed by atoms with van der Waals surface area (Å²) >= 11 is 0. The van der Waals surface area contributed by atoms with Gasteiger partial charge in [0.1, 0.15) is 6.54 Å². The zero-order chi connectivity index (χ0) is 20.9. The molecule has 7 nitrogen and oxygen atoms in total. The molecule has 1 aliphatic heterocycles. The minimum atomic E-state index is -0.916. The van der Waals surface area contributed by atoms with E-state index < -0.39 is 30.3 Å². The Bertz CT molecular complexity index is 876. The Morgan fingerprint density at radius 1 is 1.07 bits per heavy atom. The van der Waals surface area contributed by atoms with Gasteiger partial charge in [-0.25, -0.2) is 9.69 Å². The molecule has 1 saturated heterocycles. The quantitative estimate of drug-likeness (QED) is 0.611. The van der Waals surface area contributed by atoms with Crippen molar-refractivity contribution in [2.75, 3.05) is 11.9 Å². The number of carbonyl (C=O) groups is 4. The van der Waals surface area contributed by atoms with Crippen molar-refractivity contribution in [2.45, 2.75) is 52.5 Å². The van der Waals surface area contributed by atoms with Crippen molar-refractivity contribution < 1.29 is 19.2 Å². The van der Waals surface area contributed by atoms with Crippen molar-refractivity contribution >= 4 is 29.4 Å². The van der Waals surface area contributed by atoms with E-state index in [1.54, 1.807) is 0 Å². The van der Waals surface area contributed by atoms with E-state index >= 15 is 0 Å². The Morgan fingerprint density at radius 2 is 1.76 bits per heavy atom. The van der Waals surface area contributed by atoms with Crippen molar-refractivity contribution in [2.24, 2.45) is 17.8 Å². The number of carbonyl (C=O) groups excluding carboxylic acids is 4. The zero-order valence-electron chi connectivity index (χ0n) is 17.1. The van der Waals surface area contributed by atoms with E-state index in [1.807, 2.05) is 39.0 Å². The number of imide groups is 2. The third-order valence-electron chi connectivity index (χ3n) is 6.71. The average Bonchev–Trinajstić information content (AvgIpc) is 3.32. The van der Waals surface area contributed by atoms with Crippen LogP contribution in [0.1, 0.15) is 43.7 Å². The lowest BCUT2D eigenvalue weighted by Crippen LogP contribution is -2.45. The molecule has 0 unspecified atom stereocenters. The minimum absolute atomic E-state index is 0.249. The number of anilines is 1. The van der Waals surface area contributed by atoms with E-state index in [4.69, 9.17) is 0 Å². The van der Waals surface area contributed by atoms with Gasteiger partial charge in [-0.15, -0.1) is 0 Å². The van der Waals surface area contributed by atoms with E-state index in [0.29, 0.717) is 17.5 Å². The molecule has 1 aromatic rings. The maximum atomic E-state index is 12.9. The number of aryl methyl sites for hydroxylation is 2. The van der Waals surface area contributed by atoms with Crippen LogP contribution in [0.15, 0.2) is 18.2 Å².